The lowest BCUT2D eigenvalue weighted by Crippen LogP contribution is -2.22. The summed E-state index contributed by atoms with van der Waals surface area (Å²) in [4.78, 5) is 2.65. The molecule has 2 aromatic heterocycles. The van der Waals surface area contributed by atoms with Gasteiger partial charge in [0.1, 0.15) is 11.5 Å². The minimum Gasteiger partial charge on any atom is -0.466 e. The van der Waals surface area contributed by atoms with E-state index in [1.807, 2.05) is 25.2 Å². The molecule has 0 aliphatic heterocycles. The molecule has 0 aliphatic rings. The van der Waals surface area contributed by atoms with Crippen LogP contribution in [0.5, 0.6) is 0 Å². The van der Waals surface area contributed by atoms with E-state index in [0.29, 0.717) is 0 Å². The van der Waals surface area contributed by atoms with E-state index in [1.165, 1.54) is 25.4 Å². The summed E-state index contributed by atoms with van der Waals surface area (Å²) < 4.78 is 6.97. The van der Waals surface area contributed by atoms with Crippen LogP contribution >= 0.6 is 27.3 Å². The highest BCUT2D eigenvalue weighted by atomic mass is 79.9. The van der Waals surface area contributed by atoms with Gasteiger partial charge in [-0.25, -0.2) is 0 Å². The van der Waals surface area contributed by atoms with Crippen molar-refractivity contribution < 1.29 is 4.42 Å². The Morgan fingerprint density at radius 1 is 1.26 bits per heavy atom. The smallest absolute Gasteiger partial charge is 0.106 e. The lowest BCUT2D eigenvalue weighted by Gasteiger charge is -2.18. The maximum Gasteiger partial charge on any atom is 0.106 e. The number of thiophene rings is 1. The van der Waals surface area contributed by atoms with Crippen LogP contribution in [-0.2, 0) is 0 Å². The predicted octanol–water partition coefficient (Wildman–Crippen LogP) is 5.04. The highest BCUT2D eigenvalue weighted by Gasteiger charge is 2.25. The van der Waals surface area contributed by atoms with E-state index in [-0.39, 0.29) is 6.04 Å². The number of nitrogens with one attached hydrogen (secondary N) is 1. The number of furan rings is 1. The van der Waals surface area contributed by atoms with Crippen molar-refractivity contribution in [3.63, 3.8) is 0 Å². The number of halogens is 1. The van der Waals surface area contributed by atoms with E-state index < -0.39 is 0 Å². The zero-order chi connectivity index (χ0) is 14.2. The Morgan fingerprint density at radius 2 is 1.95 bits per heavy atom. The number of hydrogen-bond acceptors (Lipinski definition) is 3. The third kappa shape index (κ3) is 2.81. The molecule has 2 nitrogen and oxygen atoms in total. The fourth-order valence-corrected chi connectivity index (χ4v) is 4.43. The van der Waals surface area contributed by atoms with Gasteiger partial charge in [0.2, 0.25) is 0 Å². The Labute approximate surface area is 127 Å². The van der Waals surface area contributed by atoms with Gasteiger partial charge in [-0.15, -0.1) is 11.3 Å². The van der Waals surface area contributed by atoms with Crippen LogP contribution in [0.2, 0.25) is 0 Å². The second-order valence-electron chi connectivity index (χ2n) is 4.81. The van der Waals surface area contributed by atoms with Crippen LogP contribution in [0.1, 0.15) is 45.4 Å². The first-order valence-corrected chi connectivity index (χ1v) is 8.12. The first-order valence-electron chi connectivity index (χ1n) is 6.51. The fourth-order valence-electron chi connectivity index (χ4n) is 2.46. The molecule has 0 spiro atoms. The fraction of sp³-hybridized carbons (Fsp3) is 0.467. The maximum atomic E-state index is 5.79. The van der Waals surface area contributed by atoms with E-state index in [4.69, 9.17) is 4.42 Å². The molecular weight excluding hydrogens is 322 g/mol. The monoisotopic (exact) mass is 341 g/mol. The zero-order valence-corrected chi connectivity index (χ0v) is 14.5. The topological polar surface area (TPSA) is 25.2 Å². The van der Waals surface area contributed by atoms with Gasteiger partial charge in [0.25, 0.3) is 0 Å². The Bertz CT molecular complexity index is 585. The molecule has 1 unspecified atom stereocenters. The SMILES string of the molecule is CCNC(c1sc(C)cc1Br)c1c(C)oc(C)c1C. The molecule has 0 amide bonds. The normalized spacial score (nSPS) is 12.9. The molecule has 2 heterocycles. The molecule has 0 fully saturated rings. The van der Waals surface area contributed by atoms with Gasteiger partial charge in [-0.1, -0.05) is 6.92 Å². The maximum absolute atomic E-state index is 5.79. The Hall–Kier alpha value is -0.580. The summed E-state index contributed by atoms with van der Waals surface area (Å²) in [6.07, 6.45) is 0. The highest BCUT2D eigenvalue weighted by Crippen LogP contribution is 2.39. The van der Waals surface area contributed by atoms with E-state index in [2.05, 4.69) is 48.1 Å². The molecule has 104 valence electrons. The van der Waals surface area contributed by atoms with Crippen molar-refractivity contribution in [2.45, 2.75) is 40.7 Å². The van der Waals surface area contributed by atoms with Crippen molar-refractivity contribution in [1.29, 1.82) is 0 Å². The van der Waals surface area contributed by atoms with Crippen LogP contribution < -0.4 is 5.32 Å². The van der Waals surface area contributed by atoms with Gasteiger partial charge < -0.3 is 9.73 Å². The number of aryl methyl sites for hydroxylation is 3. The molecule has 4 heteroatoms. The summed E-state index contributed by atoms with van der Waals surface area (Å²) >= 11 is 5.51. The quantitative estimate of drug-likeness (QED) is 0.842. The van der Waals surface area contributed by atoms with Gasteiger partial charge in [-0.2, -0.15) is 0 Å². The van der Waals surface area contributed by atoms with Crippen molar-refractivity contribution in [2.75, 3.05) is 6.54 Å². The second-order valence-corrected chi connectivity index (χ2v) is 6.96. The minimum absolute atomic E-state index is 0.204. The Balaban J connectivity index is 2.54. The minimum atomic E-state index is 0.204. The second kappa shape index (κ2) is 5.81. The van der Waals surface area contributed by atoms with Crippen molar-refractivity contribution in [2.24, 2.45) is 0 Å². The molecule has 1 N–H and O–H groups in total. The molecule has 0 radical (unpaired) electrons. The molecular formula is C15H20BrNOS. The van der Waals surface area contributed by atoms with E-state index >= 15 is 0 Å². The standard InChI is InChI=1S/C15H20BrNOS/c1-6-17-14(15-12(16)7-8(2)19-15)13-9(3)10(4)18-11(13)5/h7,14,17H,6H2,1-5H3. The third-order valence-electron chi connectivity index (χ3n) is 3.41. The molecule has 19 heavy (non-hydrogen) atoms. The van der Waals surface area contributed by atoms with E-state index in [1.54, 1.807) is 0 Å². The van der Waals surface area contributed by atoms with Gasteiger partial charge in [-0.05, 0) is 61.8 Å². The van der Waals surface area contributed by atoms with Crippen LogP contribution in [0, 0.1) is 27.7 Å². The summed E-state index contributed by atoms with van der Waals surface area (Å²) in [6, 6.07) is 2.39. The largest absolute Gasteiger partial charge is 0.466 e. The summed E-state index contributed by atoms with van der Waals surface area (Å²) in [5.74, 6) is 2.03. The van der Waals surface area contributed by atoms with Gasteiger partial charge in [0, 0.05) is 19.8 Å². The zero-order valence-electron chi connectivity index (χ0n) is 12.1. The average molecular weight is 342 g/mol. The van der Waals surface area contributed by atoms with Crippen molar-refractivity contribution in [1.82, 2.24) is 5.32 Å². The average Bonchev–Trinajstić information content (AvgIpc) is 2.78. The first kappa shape index (κ1) is 14.8. The number of rotatable bonds is 4. The van der Waals surface area contributed by atoms with Crippen molar-refractivity contribution in [3.8, 4) is 0 Å². The molecule has 0 aromatic carbocycles. The van der Waals surface area contributed by atoms with Gasteiger partial charge in [0.15, 0.2) is 0 Å². The number of hydrogen-bond donors (Lipinski definition) is 1. The van der Waals surface area contributed by atoms with Gasteiger partial charge >= 0.3 is 0 Å². The van der Waals surface area contributed by atoms with Crippen LogP contribution in [0.15, 0.2) is 15.0 Å². The highest BCUT2D eigenvalue weighted by molar-refractivity contribution is 9.10. The lowest BCUT2D eigenvalue weighted by molar-refractivity contribution is 0.494. The molecule has 0 bridgehead atoms. The Morgan fingerprint density at radius 3 is 2.37 bits per heavy atom. The molecule has 2 rings (SSSR count). The summed E-state index contributed by atoms with van der Waals surface area (Å²) in [7, 11) is 0. The Kier molecular flexibility index (Phi) is 4.54. The predicted molar refractivity (Wildman–Crippen MR) is 85.2 cm³/mol. The van der Waals surface area contributed by atoms with Crippen molar-refractivity contribution in [3.05, 3.63) is 42.9 Å². The third-order valence-corrected chi connectivity index (χ3v) is 5.45. The molecule has 1 atom stereocenters. The first-order chi connectivity index (χ1) is 8.95. The van der Waals surface area contributed by atoms with E-state index in [9.17, 15) is 0 Å². The van der Waals surface area contributed by atoms with Crippen LogP contribution in [-0.4, -0.2) is 6.54 Å². The summed E-state index contributed by atoms with van der Waals surface area (Å²) in [6.45, 7) is 11.4. The van der Waals surface area contributed by atoms with Crippen LogP contribution in [0.25, 0.3) is 0 Å². The van der Waals surface area contributed by atoms with Gasteiger partial charge in [0.05, 0.1) is 6.04 Å². The van der Waals surface area contributed by atoms with E-state index in [0.717, 1.165) is 18.1 Å². The molecule has 0 saturated carbocycles. The van der Waals surface area contributed by atoms with Crippen molar-refractivity contribution >= 4 is 27.3 Å². The summed E-state index contributed by atoms with van der Waals surface area (Å²) in [5.41, 5.74) is 2.53. The molecule has 0 saturated heterocycles. The van der Waals surface area contributed by atoms with Crippen LogP contribution in [0.4, 0.5) is 0 Å². The van der Waals surface area contributed by atoms with Gasteiger partial charge in [-0.3, -0.25) is 0 Å². The molecule has 2 aromatic rings. The lowest BCUT2D eigenvalue weighted by atomic mass is 10.0. The summed E-state index contributed by atoms with van der Waals surface area (Å²) in [5, 5.41) is 3.58. The van der Waals surface area contributed by atoms with Crippen LogP contribution in [0.3, 0.4) is 0 Å². The molecule has 0 aliphatic carbocycles.